The Morgan fingerprint density at radius 2 is 2.12 bits per heavy atom. The molecular formula is C12H22N2O3. The van der Waals surface area contributed by atoms with Gasteiger partial charge in [0.05, 0.1) is 18.1 Å². The molecule has 98 valence electrons. The van der Waals surface area contributed by atoms with Crippen molar-refractivity contribution in [2.24, 2.45) is 11.7 Å². The van der Waals surface area contributed by atoms with Gasteiger partial charge in [-0.15, -0.1) is 0 Å². The van der Waals surface area contributed by atoms with E-state index in [1.807, 2.05) is 0 Å². The Bertz CT molecular complexity index is 277. The van der Waals surface area contributed by atoms with E-state index in [1.54, 1.807) is 0 Å². The molecule has 2 rings (SSSR count). The largest absolute Gasteiger partial charge is 0.394 e. The third kappa shape index (κ3) is 2.78. The van der Waals surface area contributed by atoms with Gasteiger partial charge in [0.15, 0.2) is 0 Å². The first kappa shape index (κ1) is 12.8. The van der Waals surface area contributed by atoms with E-state index in [0.29, 0.717) is 26.1 Å². The lowest BCUT2D eigenvalue weighted by Crippen LogP contribution is -2.57. The smallest absolute Gasteiger partial charge is 0.225 e. The molecule has 1 aliphatic carbocycles. The van der Waals surface area contributed by atoms with E-state index in [-0.39, 0.29) is 24.5 Å². The lowest BCUT2D eigenvalue weighted by molar-refractivity contribution is -0.129. The summed E-state index contributed by atoms with van der Waals surface area (Å²) >= 11 is 0. The van der Waals surface area contributed by atoms with Crippen molar-refractivity contribution >= 4 is 5.91 Å². The number of nitrogens with two attached hydrogens (primary N) is 1. The predicted molar refractivity (Wildman–Crippen MR) is 63.3 cm³/mol. The fourth-order valence-corrected chi connectivity index (χ4v) is 2.75. The van der Waals surface area contributed by atoms with Gasteiger partial charge in [0.1, 0.15) is 0 Å². The number of hydrogen-bond donors (Lipinski definition) is 3. The molecule has 1 aliphatic heterocycles. The summed E-state index contributed by atoms with van der Waals surface area (Å²) in [5.41, 5.74) is 5.43. The first-order chi connectivity index (χ1) is 8.17. The fraction of sp³-hybridized carbons (Fsp3) is 0.917. The topological polar surface area (TPSA) is 84.6 Å². The molecule has 2 fully saturated rings. The van der Waals surface area contributed by atoms with E-state index in [9.17, 15) is 9.90 Å². The number of rotatable bonds is 3. The SMILES string of the molecule is NC1CCCC1C(=O)NC1(CO)CCOCC1. The average Bonchev–Trinajstić information content (AvgIpc) is 2.77. The summed E-state index contributed by atoms with van der Waals surface area (Å²) in [6.45, 7) is 1.17. The summed E-state index contributed by atoms with van der Waals surface area (Å²) in [5.74, 6) is -0.0766. The molecule has 5 heteroatoms. The summed E-state index contributed by atoms with van der Waals surface area (Å²) in [6.07, 6.45) is 4.17. The summed E-state index contributed by atoms with van der Waals surface area (Å²) in [4.78, 5) is 12.1. The fourth-order valence-electron chi connectivity index (χ4n) is 2.75. The number of amides is 1. The van der Waals surface area contributed by atoms with Crippen LogP contribution in [-0.2, 0) is 9.53 Å². The molecule has 0 bridgehead atoms. The van der Waals surface area contributed by atoms with Gasteiger partial charge >= 0.3 is 0 Å². The maximum atomic E-state index is 12.1. The molecule has 0 aromatic rings. The highest BCUT2D eigenvalue weighted by molar-refractivity contribution is 5.80. The molecule has 0 spiro atoms. The zero-order valence-corrected chi connectivity index (χ0v) is 10.2. The Balaban J connectivity index is 1.95. The quantitative estimate of drug-likeness (QED) is 0.638. The summed E-state index contributed by atoms with van der Waals surface area (Å²) < 4.78 is 5.27. The average molecular weight is 242 g/mol. The number of hydrogen-bond acceptors (Lipinski definition) is 4. The van der Waals surface area contributed by atoms with E-state index in [2.05, 4.69) is 5.32 Å². The molecule has 1 heterocycles. The van der Waals surface area contributed by atoms with Crippen molar-refractivity contribution in [3.05, 3.63) is 0 Å². The maximum Gasteiger partial charge on any atom is 0.225 e. The molecule has 0 aromatic carbocycles. The zero-order chi connectivity index (χ0) is 12.3. The second kappa shape index (κ2) is 5.33. The molecule has 1 saturated heterocycles. The number of aliphatic hydroxyl groups is 1. The molecule has 2 aliphatic rings. The van der Waals surface area contributed by atoms with Crippen molar-refractivity contribution in [1.82, 2.24) is 5.32 Å². The lowest BCUT2D eigenvalue weighted by atomic mass is 9.89. The van der Waals surface area contributed by atoms with E-state index in [4.69, 9.17) is 10.5 Å². The van der Waals surface area contributed by atoms with E-state index in [1.165, 1.54) is 0 Å². The highest BCUT2D eigenvalue weighted by Crippen LogP contribution is 2.26. The van der Waals surface area contributed by atoms with Crippen molar-refractivity contribution in [2.45, 2.75) is 43.7 Å². The number of carbonyl (C=O) groups is 1. The van der Waals surface area contributed by atoms with Gasteiger partial charge in [-0.25, -0.2) is 0 Å². The highest BCUT2D eigenvalue weighted by atomic mass is 16.5. The summed E-state index contributed by atoms with van der Waals surface area (Å²) in [7, 11) is 0. The van der Waals surface area contributed by atoms with Gasteiger partial charge in [-0.3, -0.25) is 4.79 Å². The first-order valence-corrected chi connectivity index (χ1v) is 6.43. The van der Waals surface area contributed by atoms with E-state index in [0.717, 1.165) is 19.3 Å². The van der Waals surface area contributed by atoms with Crippen LogP contribution in [0.3, 0.4) is 0 Å². The Morgan fingerprint density at radius 3 is 2.65 bits per heavy atom. The Morgan fingerprint density at radius 1 is 1.41 bits per heavy atom. The minimum absolute atomic E-state index is 0.00551. The number of nitrogens with one attached hydrogen (secondary N) is 1. The van der Waals surface area contributed by atoms with Gasteiger partial charge in [-0.05, 0) is 25.7 Å². The Kier molecular flexibility index (Phi) is 4.01. The predicted octanol–water partition coefficient (Wildman–Crippen LogP) is -0.228. The highest BCUT2D eigenvalue weighted by Gasteiger charge is 2.38. The van der Waals surface area contributed by atoms with Crippen LogP contribution in [0.5, 0.6) is 0 Å². The van der Waals surface area contributed by atoms with Crippen LogP contribution in [0.4, 0.5) is 0 Å². The zero-order valence-electron chi connectivity index (χ0n) is 10.2. The van der Waals surface area contributed by atoms with Crippen LogP contribution in [0.2, 0.25) is 0 Å². The van der Waals surface area contributed by atoms with E-state index >= 15 is 0 Å². The third-order valence-corrected chi connectivity index (χ3v) is 4.05. The molecule has 5 nitrogen and oxygen atoms in total. The minimum atomic E-state index is -0.488. The molecule has 2 atom stereocenters. The first-order valence-electron chi connectivity index (χ1n) is 6.43. The molecule has 17 heavy (non-hydrogen) atoms. The Hall–Kier alpha value is -0.650. The van der Waals surface area contributed by atoms with Crippen molar-refractivity contribution in [2.75, 3.05) is 19.8 Å². The van der Waals surface area contributed by atoms with Gasteiger partial charge in [-0.2, -0.15) is 0 Å². The van der Waals surface area contributed by atoms with Gasteiger partial charge in [0, 0.05) is 19.3 Å². The maximum absolute atomic E-state index is 12.1. The summed E-state index contributed by atoms with van der Waals surface area (Å²) in [6, 6.07) is -0.0226. The molecule has 1 amide bonds. The van der Waals surface area contributed by atoms with Crippen molar-refractivity contribution in [3.63, 3.8) is 0 Å². The van der Waals surface area contributed by atoms with Gasteiger partial charge < -0.3 is 20.9 Å². The molecular weight excluding hydrogens is 220 g/mol. The molecule has 2 unspecified atom stereocenters. The van der Waals surface area contributed by atoms with Crippen LogP contribution in [0.25, 0.3) is 0 Å². The van der Waals surface area contributed by atoms with Gasteiger partial charge in [-0.1, -0.05) is 6.42 Å². The third-order valence-electron chi connectivity index (χ3n) is 4.05. The second-order valence-corrected chi connectivity index (χ2v) is 5.24. The number of carbonyl (C=O) groups excluding carboxylic acids is 1. The van der Waals surface area contributed by atoms with Crippen LogP contribution >= 0.6 is 0 Å². The summed E-state index contributed by atoms with van der Waals surface area (Å²) in [5, 5.41) is 12.5. The van der Waals surface area contributed by atoms with Crippen molar-refractivity contribution < 1.29 is 14.6 Å². The van der Waals surface area contributed by atoms with Gasteiger partial charge in [0.2, 0.25) is 5.91 Å². The second-order valence-electron chi connectivity index (χ2n) is 5.24. The molecule has 0 aromatic heterocycles. The minimum Gasteiger partial charge on any atom is -0.394 e. The lowest BCUT2D eigenvalue weighted by Gasteiger charge is -2.37. The van der Waals surface area contributed by atoms with Crippen molar-refractivity contribution in [3.8, 4) is 0 Å². The molecule has 1 saturated carbocycles. The van der Waals surface area contributed by atoms with Crippen LogP contribution in [0.1, 0.15) is 32.1 Å². The number of aliphatic hydroxyl groups excluding tert-OH is 1. The van der Waals surface area contributed by atoms with Crippen LogP contribution < -0.4 is 11.1 Å². The van der Waals surface area contributed by atoms with Gasteiger partial charge in [0.25, 0.3) is 0 Å². The Labute approximate surface area is 102 Å². The normalized spacial score (nSPS) is 32.4. The molecule has 0 radical (unpaired) electrons. The van der Waals surface area contributed by atoms with Crippen LogP contribution in [-0.4, -0.2) is 42.4 Å². The van der Waals surface area contributed by atoms with E-state index < -0.39 is 5.54 Å². The molecule has 4 N–H and O–H groups in total. The standard InChI is InChI=1S/C12H22N2O3/c13-10-3-1-2-9(10)11(16)14-12(8-15)4-6-17-7-5-12/h9-10,15H,1-8,13H2,(H,14,16). The number of ether oxygens (including phenoxy) is 1. The van der Waals surface area contributed by atoms with Crippen LogP contribution in [0, 0.1) is 5.92 Å². The van der Waals surface area contributed by atoms with Crippen LogP contribution in [0.15, 0.2) is 0 Å². The monoisotopic (exact) mass is 242 g/mol. The van der Waals surface area contributed by atoms with Crippen molar-refractivity contribution in [1.29, 1.82) is 0 Å².